The summed E-state index contributed by atoms with van der Waals surface area (Å²) in [5.41, 5.74) is 0.0861. The van der Waals surface area contributed by atoms with Crippen LogP contribution in [0.4, 0.5) is 4.39 Å². The third-order valence-electron chi connectivity index (χ3n) is 1.95. The first-order valence-corrected chi connectivity index (χ1v) is 5.05. The van der Waals surface area contributed by atoms with Gasteiger partial charge in [-0.25, -0.2) is 13.9 Å². The highest BCUT2D eigenvalue weighted by molar-refractivity contribution is 6.35. The fourth-order valence-electron chi connectivity index (χ4n) is 1.16. The van der Waals surface area contributed by atoms with Crippen LogP contribution in [0.5, 0.6) is 0 Å². The molecule has 0 aliphatic carbocycles. The van der Waals surface area contributed by atoms with E-state index in [1.807, 2.05) is 0 Å². The Labute approximate surface area is 104 Å². The lowest BCUT2D eigenvalue weighted by Crippen LogP contribution is -1.97. The van der Waals surface area contributed by atoms with Crippen LogP contribution in [0.1, 0.15) is 10.5 Å². The molecule has 0 radical (unpaired) electrons. The van der Waals surface area contributed by atoms with Crippen molar-refractivity contribution in [2.45, 2.75) is 0 Å². The molecule has 0 bridgehead atoms. The molecular weight excluding hydrogens is 272 g/mol. The van der Waals surface area contributed by atoms with Crippen molar-refractivity contribution < 1.29 is 14.3 Å². The van der Waals surface area contributed by atoms with Crippen LogP contribution in [0.2, 0.25) is 10.0 Å². The third-order valence-corrected chi connectivity index (χ3v) is 2.50. The summed E-state index contributed by atoms with van der Waals surface area (Å²) in [5, 5.41) is 15.3. The van der Waals surface area contributed by atoms with E-state index in [4.69, 9.17) is 28.3 Å². The lowest BCUT2D eigenvalue weighted by Gasteiger charge is -2.03. The monoisotopic (exact) mass is 275 g/mol. The van der Waals surface area contributed by atoms with Crippen molar-refractivity contribution in [2.24, 2.45) is 0 Å². The van der Waals surface area contributed by atoms with Crippen molar-refractivity contribution in [2.75, 3.05) is 0 Å². The summed E-state index contributed by atoms with van der Waals surface area (Å²) in [6.07, 6.45) is 1.17. The average Bonchev–Trinajstić information content (AvgIpc) is 2.74. The summed E-state index contributed by atoms with van der Waals surface area (Å²) in [5.74, 6) is -1.95. The van der Waals surface area contributed by atoms with Crippen LogP contribution >= 0.6 is 23.2 Å². The molecule has 8 heteroatoms. The Morgan fingerprint density at radius 2 is 1.94 bits per heavy atom. The van der Waals surface area contributed by atoms with Gasteiger partial charge in [-0.1, -0.05) is 28.4 Å². The summed E-state index contributed by atoms with van der Waals surface area (Å²) in [7, 11) is 0. The molecule has 5 nitrogen and oxygen atoms in total. The average molecular weight is 276 g/mol. The molecule has 2 aromatic rings. The number of hydrogen-bond donors (Lipinski definition) is 1. The number of aromatic nitrogens is 3. The van der Waals surface area contributed by atoms with Gasteiger partial charge in [0.2, 0.25) is 0 Å². The summed E-state index contributed by atoms with van der Waals surface area (Å²) in [6.45, 7) is 0. The maximum Gasteiger partial charge on any atom is 0.358 e. The van der Waals surface area contributed by atoms with Gasteiger partial charge in [0.25, 0.3) is 0 Å². The molecule has 0 unspecified atom stereocenters. The molecule has 1 aromatic carbocycles. The smallest absolute Gasteiger partial charge is 0.358 e. The van der Waals surface area contributed by atoms with Crippen molar-refractivity contribution >= 4 is 29.2 Å². The van der Waals surface area contributed by atoms with Gasteiger partial charge in [0.1, 0.15) is 0 Å². The minimum Gasteiger partial charge on any atom is -0.476 e. The Balaban J connectivity index is 2.49. The first-order valence-electron chi connectivity index (χ1n) is 4.29. The van der Waals surface area contributed by atoms with Crippen LogP contribution in [0.25, 0.3) is 5.69 Å². The lowest BCUT2D eigenvalue weighted by molar-refractivity contribution is 0.0690. The highest BCUT2D eigenvalue weighted by atomic mass is 35.5. The van der Waals surface area contributed by atoms with Crippen molar-refractivity contribution in [1.29, 1.82) is 0 Å². The third kappa shape index (κ3) is 2.22. The Kier molecular flexibility index (Phi) is 2.99. The molecule has 0 atom stereocenters. The Bertz CT molecular complexity index is 577. The molecule has 1 aromatic heterocycles. The predicted octanol–water partition coefficient (Wildman–Crippen LogP) is 2.41. The zero-order chi connectivity index (χ0) is 12.6. The minimum atomic E-state index is -1.21. The summed E-state index contributed by atoms with van der Waals surface area (Å²) in [6, 6.07) is 2.53. The van der Waals surface area contributed by atoms with Crippen LogP contribution in [0.3, 0.4) is 0 Å². The van der Waals surface area contributed by atoms with E-state index >= 15 is 0 Å². The number of carboxylic acids is 1. The molecule has 1 N–H and O–H groups in total. The molecule has 0 saturated heterocycles. The van der Waals surface area contributed by atoms with Gasteiger partial charge in [-0.3, -0.25) is 0 Å². The summed E-state index contributed by atoms with van der Waals surface area (Å²) >= 11 is 11.2. The summed E-state index contributed by atoms with van der Waals surface area (Å²) in [4.78, 5) is 10.6. The van der Waals surface area contributed by atoms with E-state index in [0.717, 1.165) is 4.68 Å². The predicted molar refractivity (Wildman–Crippen MR) is 58.3 cm³/mol. The van der Waals surface area contributed by atoms with E-state index in [1.165, 1.54) is 18.3 Å². The topological polar surface area (TPSA) is 68.0 Å². The quantitative estimate of drug-likeness (QED) is 0.855. The van der Waals surface area contributed by atoms with Crippen molar-refractivity contribution in [1.82, 2.24) is 15.0 Å². The zero-order valence-corrected chi connectivity index (χ0v) is 9.57. The van der Waals surface area contributed by atoms with Crippen LogP contribution in [0.15, 0.2) is 18.3 Å². The fourth-order valence-corrected chi connectivity index (χ4v) is 1.64. The second-order valence-electron chi connectivity index (χ2n) is 3.08. The van der Waals surface area contributed by atoms with E-state index in [9.17, 15) is 9.18 Å². The van der Waals surface area contributed by atoms with Gasteiger partial charge in [0.15, 0.2) is 11.5 Å². The first-order chi connectivity index (χ1) is 7.99. The lowest BCUT2D eigenvalue weighted by atomic mass is 10.3. The normalized spacial score (nSPS) is 10.5. The van der Waals surface area contributed by atoms with Crippen LogP contribution in [-0.4, -0.2) is 26.1 Å². The molecule has 0 spiro atoms. The molecule has 17 heavy (non-hydrogen) atoms. The van der Waals surface area contributed by atoms with Gasteiger partial charge in [-0.2, -0.15) is 0 Å². The van der Waals surface area contributed by atoms with E-state index in [-0.39, 0.29) is 15.7 Å². The standard InChI is InChI=1S/C9H4Cl2FN3O2/c10-5-1-4(2-6(11)8(5)12)15-3-7(9(16)17)13-14-15/h1-3H,(H,16,17). The van der Waals surface area contributed by atoms with E-state index in [0.29, 0.717) is 5.69 Å². The van der Waals surface area contributed by atoms with Crippen molar-refractivity contribution in [3.05, 3.63) is 39.9 Å². The largest absolute Gasteiger partial charge is 0.476 e. The second-order valence-corrected chi connectivity index (χ2v) is 3.89. The van der Waals surface area contributed by atoms with Gasteiger partial charge >= 0.3 is 5.97 Å². The maximum absolute atomic E-state index is 13.2. The number of nitrogens with zero attached hydrogens (tertiary/aromatic N) is 3. The zero-order valence-electron chi connectivity index (χ0n) is 8.06. The minimum absolute atomic E-state index is 0.181. The van der Waals surface area contributed by atoms with E-state index in [2.05, 4.69) is 10.3 Å². The number of benzene rings is 1. The second kappa shape index (κ2) is 4.31. The molecule has 88 valence electrons. The Morgan fingerprint density at radius 3 is 2.41 bits per heavy atom. The van der Waals surface area contributed by atoms with Crippen molar-refractivity contribution in [3.8, 4) is 5.69 Å². The van der Waals surface area contributed by atoms with Crippen LogP contribution < -0.4 is 0 Å². The van der Waals surface area contributed by atoms with E-state index < -0.39 is 11.8 Å². The highest BCUT2D eigenvalue weighted by Crippen LogP contribution is 2.26. The Morgan fingerprint density at radius 1 is 1.35 bits per heavy atom. The molecule has 0 saturated carbocycles. The van der Waals surface area contributed by atoms with Gasteiger partial charge in [-0.05, 0) is 12.1 Å². The number of hydrogen-bond acceptors (Lipinski definition) is 3. The summed E-state index contributed by atoms with van der Waals surface area (Å²) < 4.78 is 14.3. The van der Waals surface area contributed by atoms with Crippen LogP contribution in [0, 0.1) is 5.82 Å². The molecule has 1 heterocycles. The van der Waals surface area contributed by atoms with Crippen molar-refractivity contribution in [3.63, 3.8) is 0 Å². The molecular formula is C9H4Cl2FN3O2. The van der Waals surface area contributed by atoms with Gasteiger partial charge in [-0.15, -0.1) is 5.10 Å². The van der Waals surface area contributed by atoms with Gasteiger partial charge < -0.3 is 5.11 Å². The maximum atomic E-state index is 13.2. The number of halogens is 3. The SMILES string of the molecule is O=C(O)c1cn(-c2cc(Cl)c(F)c(Cl)c2)nn1. The van der Waals surface area contributed by atoms with Crippen LogP contribution in [-0.2, 0) is 0 Å². The number of carboxylic acid groups (broad SMARTS) is 1. The molecule has 0 aliphatic heterocycles. The fraction of sp³-hybridized carbons (Fsp3) is 0. The molecule has 0 amide bonds. The molecule has 0 aliphatic rings. The van der Waals surface area contributed by atoms with Gasteiger partial charge in [0, 0.05) is 0 Å². The first kappa shape index (κ1) is 11.8. The Hall–Kier alpha value is -1.66. The number of carbonyl (C=O) groups is 1. The van der Waals surface area contributed by atoms with Gasteiger partial charge in [0.05, 0.1) is 21.9 Å². The van der Waals surface area contributed by atoms with E-state index in [1.54, 1.807) is 0 Å². The molecule has 0 fully saturated rings. The number of aromatic carboxylic acids is 1. The molecule has 2 rings (SSSR count). The highest BCUT2D eigenvalue weighted by Gasteiger charge is 2.12. The number of rotatable bonds is 2.